The van der Waals surface area contributed by atoms with E-state index in [1.165, 1.54) is 17.7 Å². The highest BCUT2D eigenvalue weighted by Crippen LogP contribution is 2.45. The van der Waals surface area contributed by atoms with Crippen molar-refractivity contribution in [3.05, 3.63) is 21.2 Å². The molecule has 0 aliphatic carbocycles. The van der Waals surface area contributed by atoms with Crippen LogP contribution in [0.4, 0.5) is 0 Å². The van der Waals surface area contributed by atoms with Gasteiger partial charge in [-0.3, -0.25) is 28.5 Å². The zero-order valence-electron chi connectivity index (χ0n) is 23.2. The number of ether oxygens (including phenoxy) is 7. The average molecular weight is 723 g/mol. The van der Waals surface area contributed by atoms with Crippen LogP contribution >= 0.6 is 31.9 Å². The van der Waals surface area contributed by atoms with Crippen molar-refractivity contribution < 1.29 is 62.2 Å². The molecule has 16 heteroatoms. The van der Waals surface area contributed by atoms with E-state index in [4.69, 9.17) is 33.2 Å². The molecule has 0 spiro atoms. The number of hydrogen-bond acceptors (Lipinski definition) is 13. The second-order valence-corrected chi connectivity index (χ2v) is 10.7. The van der Waals surface area contributed by atoms with Crippen LogP contribution in [-0.2, 0) is 42.9 Å². The molecule has 2 aromatic rings. The van der Waals surface area contributed by atoms with E-state index in [0.717, 1.165) is 27.7 Å². The molecule has 1 fully saturated rings. The number of halogens is 2. The van der Waals surface area contributed by atoms with Crippen molar-refractivity contribution in [1.82, 2.24) is 4.57 Å². The molecule has 1 aromatic carbocycles. The second-order valence-electron chi connectivity index (χ2n) is 9.04. The summed E-state index contributed by atoms with van der Waals surface area (Å²) in [7, 11) is 0. The first kappa shape index (κ1) is 33.3. The number of benzene rings is 1. The zero-order valence-corrected chi connectivity index (χ0v) is 26.4. The number of carbonyl (C=O) groups excluding carboxylic acids is 5. The van der Waals surface area contributed by atoms with Gasteiger partial charge in [-0.25, -0.2) is 0 Å². The maximum atomic E-state index is 12.5. The molecule has 0 amide bonds. The van der Waals surface area contributed by atoms with Crippen molar-refractivity contribution >= 4 is 72.5 Å². The molecule has 0 bridgehead atoms. The van der Waals surface area contributed by atoms with Crippen molar-refractivity contribution in [3.63, 3.8) is 0 Å². The predicted octanol–water partition coefficient (Wildman–Crippen LogP) is 2.66. The topological polar surface area (TPSA) is 175 Å². The predicted molar refractivity (Wildman–Crippen MR) is 149 cm³/mol. The minimum Gasteiger partial charge on any atom is -0.489 e. The van der Waals surface area contributed by atoms with Crippen LogP contribution in [-0.4, -0.2) is 90.0 Å². The van der Waals surface area contributed by atoms with Crippen molar-refractivity contribution in [2.45, 2.75) is 65.3 Å². The Morgan fingerprint density at radius 1 is 0.905 bits per heavy atom. The van der Waals surface area contributed by atoms with E-state index in [1.54, 1.807) is 6.07 Å². The minimum absolute atomic E-state index is 0.0357. The summed E-state index contributed by atoms with van der Waals surface area (Å²) >= 11 is 6.88. The highest BCUT2D eigenvalue weighted by atomic mass is 79.9. The van der Waals surface area contributed by atoms with Crippen molar-refractivity contribution in [2.75, 3.05) is 19.8 Å². The maximum Gasteiger partial charge on any atom is 0.303 e. The summed E-state index contributed by atoms with van der Waals surface area (Å²) in [5.74, 6) is -3.07. The van der Waals surface area contributed by atoms with Gasteiger partial charge in [0.15, 0.2) is 12.2 Å². The van der Waals surface area contributed by atoms with E-state index >= 15 is 0 Å². The van der Waals surface area contributed by atoms with Gasteiger partial charge in [0.25, 0.3) is 0 Å². The van der Waals surface area contributed by atoms with Crippen LogP contribution in [0.15, 0.2) is 21.2 Å². The molecule has 1 saturated heterocycles. The lowest BCUT2D eigenvalue weighted by Crippen LogP contribution is -2.63. The number of hydrogen-bond donors (Lipinski definition) is 1. The second kappa shape index (κ2) is 14.3. The molecule has 42 heavy (non-hydrogen) atoms. The highest BCUT2D eigenvalue weighted by Gasteiger charge is 2.53. The van der Waals surface area contributed by atoms with Crippen LogP contribution < -0.4 is 9.47 Å². The van der Waals surface area contributed by atoms with Crippen molar-refractivity contribution in [3.8, 4) is 11.5 Å². The van der Waals surface area contributed by atoms with E-state index in [0.29, 0.717) is 25.6 Å². The molecule has 0 radical (unpaired) electrons. The fourth-order valence-electron chi connectivity index (χ4n) is 4.30. The lowest BCUT2D eigenvalue weighted by molar-refractivity contribution is -0.288. The summed E-state index contributed by atoms with van der Waals surface area (Å²) in [6, 6.07) is 1.61. The van der Waals surface area contributed by atoms with Gasteiger partial charge in [-0.1, -0.05) is 0 Å². The summed E-state index contributed by atoms with van der Waals surface area (Å²) in [6.07, 6.45) is -5.70. The molecular formula is C26H29Br2NO13. The molecule has 1 N–H and O–H groups in total. The zero-order chi connectivity index (χ0) is 31.3. The fourth-order valence-corrected chi connectivity index (χ4v) is 5.83. The van der Waals surface area contributed by atoms with Gasteiger partial charge in [-0.15, -0.1) is 0 Å². The minimum atomic E-state index is -1.53. The smallest absolute Gasteiger partial charge is 0.303 e. The van der Waals surface area contributed by atoms with Crippen molar-refractivity contribution in [1.29, 1.82) is 0 Å². The molecule has 1 aliphatic heterocycles. The van der Waals surface area contributed by atoms with Gasteiger partial charge >= 0.3 is 23.9 Å². The van der Waals surface area contributed by atoms with Crippen LogP contribution in [0, 0.1) is 0 Å². The quantitative estimate of drug-likeness (QED) is 0.280. The number of aromatic nitrogens is 1. The Bertz CT molecular complexity index is 1370. The van der Waals surface area contributed by atoms with Gasteiger partial charge in [-0.2, -0.15) is 0 Å². The Hall–Kier alpha value is -3.21. The van der Waals surface area contributed by atoms with Crippen LogP contribution in [0.2, 0.25) is 0 Å². The van der Waals surface area contributed by atoms with E-state index in [1.807, 2.05) is 0 Å². The molecular weight excluding hydrogens is 694 g/mol. The number of carbonyl (C=O) groups is 5. The van der Waals surface area contributed by atoms with Crippen LogP contribution in [0.3, 0.4) is 0 Å². The Balaban J connectivity index is 2.18. The number of rotatable bonds is 10. The lowest BCUT2D eigenvalue weighted by Gasteiger charge is -2.43. The van der Waals surface area contributed by atoms with Gasteiger partial charge < -0.3 is 38.3 Å². The molecule has 14 nitrogen and oxygen atoms in total. The van der Waals surface area contributed by atoms with E-state index < -0.39 is 61.2 Å². The molecule has 5 atom stereocenters. The molecule has 0 saturated carbocycles. The van der Waals surface area contributed by atoms with E-state index in [2.05, 4.69) is 31.9 Å². The van der Waals surface area contributed by atoms with Crippen molar-refractivity contribution in [2.24, 2.45) is 0 Å². The summed E-state index contributed by atoms with van der Waals surface area (Å²) in [6.45, 7) is 5.06. The first-order valence-corrected chi connectivity index (χ1v) is 14.1. The Morgan fingerprint density at radius 3 is 2.05 bits per heavy atom. The summed E-state index contributed by atoms with van der Waals surface area (Å²) in [4.78, 5) is 60.4. The summed E-state index contributed by atoms with van der Waals surface area (Å²) in [5.41, 5.74) is 0.387. The number of aliphatic hydroxyl groups is 1. The molecule has 230 valence electrons. The molecule has 1 aliphatic rings. The van der Waals surface area contributed by atoms with Gasteiger partial charge in [0.05, 0.1) is 32.7 Å². The van der Waals surface area contributed by atoms with E-state index in [9.17, 15) is 29.1 Å². The molecule has 2 heterocycles. The first-order chi connectivity index (χ1) is 19.7. The monoisotopic (exact) mass is 721 g/mol. The molecule has 3 rings (SSSR count). The average Bonchev–Trinajstić information content (AvgIpc) is 3.23. The standard InChI is InChI=1S/C26H29Br2NO13/c1-11(31)29-9-18(20-17(29)8-16(27)22(21(20)28)36-7-6-30)41-26-25(40-15(5)35)24(39-14(4)34)23(38-13(3)33)19(42-26)10-37-12(2)32/h8-9,19,23-26,30H,6-7,10H2,1-5H3/t19-,23-,24+,25-,26-/m1/s1. The Labute approximate surface area is 256 Å². The van der Waals surface area contributed by atoms with Gasteiger partial charge in [0.2, 0.25) is 18.3 Å². The summed E-state index contributed by atoms with van der Waals surface area (Å²) < 4.78 is 41.4. The third kappa shape index (κ3) is 7.79. The molecule has 0 unspecified atom stereocenters. The van der Waals surface area contributed by atoms with Crippen LogP contribution in [0.5, 0.6) is 11.5 Å². The normalized spacial score (nSPS) is 21.8. The SMILES string of the molecule is CC(=O)OC[C@H]1O[C@@H](Oc2cn(C(C)=O)c3cc(Br)c(OCCO)c(Br)c23)[C@H](OC(C)=O)[C@@H](OC(C)=O)[C@@H]1OC(C)=O. The van der Waals surface area contributed by atoms with Crippen LogP contribution in [0.1, 0.15) is 39.4 Å². The number of aliphatic hydroxyl groups excluding tert-OH is 1. The third-order valence-corrected chi connectivity index (χ3v) is 7.12. The van der Waals surface area contributed by atoms with Gasteiger partial charge in [0.1, 0.15) is 30.8 Å². The highest BCUT2D eigenvalue weighted by molar-refractivity contribution is 9.11. The van der Waals surface area contributed by atoms with E-state index in [-0.39, 0.29) is 24.9 Å². The fraction of sp³-hybridized carbons (Fsp3) is 0.500. The number of esters is 4. The largest absolute Gasteiger partial charge is 0.489 e. The lowest BCUT2D eigenvalue weighted by atomic mass is 9.98. The van der Waals surface area contributed by atoms with Gasteiger partial charge in [0, 0.05) is 34.6 Å². The summed E-state index contributed by atoms with van der Waals surface area (Å²) in [5, 5.41) is 9.59. The Kier molecular flexibility index (Phi) is 11.3. The number of nitrogens with zero attached hydrogens (tertiary/aromatic N) is 1. The number of fused-ring (bicyclic) bond motifs is 1. The molecule has 1 aromatic heterocycles. The van der Waals surface area contributed by atoms with Crippen LogP contribution in [0.25, 0.3) is 10.9 Å². The Morgan fingerprint density at radius 2 is 1.50 bits per heavy atom. The maximum absolute atomic E-state index is 12.5. The van der Waals surface area contributed by atoms with Gasteiger partial charge in [-0.05, 0) is 37.9 Å². The first-order valence-electron chi connectivity index (χ1n) is 12.5. The third-order valence-electron chi connectivity index (χ3n) is 5.78.